The van der Waals surface area contributed by atoms with Crippen molar-refractivity contribution in [3.8, 4) is 0 Å². The molecular formula is C25H32N2O2S2. The Morgan fingerprint density at radius 1 is 1.13 bits per heavy atom. The van der Waals surface area contributed by atoms with Gasteiger partial charge in [-0.25, -0.2) is 4.79 Å². The molecule has 166 valence electrons. The molecule has 2 aromatic rings. The van der Waals surface area contributed by atoms with Crippen molar-refractivity contribution in [1.82, 2.24) is 4.90 Å². The number of likely N-dealkylation sites (tertiary alicyclic amines) is 1. The van der Waals surface area contributed by atoms with Crippen molar-refractivity contribution in [2.75, 3.05) is 24.2 Å². The largest absolute Gasteiger partial charge is 0.444 e. The number of amides is 1. The van der Waals surface area contributed by atoms with E-state index in [1.165, 1.54) is 32.5 Å². The molecule has 2 heterocycles. The average Bonchev–Trinajstić information content (AvgIpc) is 2.75. The van der Waals surface area contributed by atoms with Crippen LogP contribution in [0, 0.1) is 0 Å². The van der Waals surface area contributed by atoms with Gasteiger partial charge in [-0.3, -0.25) is 0 Å². The van der Waals surface area contributed by atoms with Crippen molar-refractivity contribution >= 4 is 41.0 Å². The Morgan fingerprint density at radius 3 is 2.68 bits per heavy atom. The Labute approximate surface area is 194 Å². The van der Waals surface area contributed by atoms with E-state index in [-0.39, 0.29) is 12.1 Å². The summed E-state index contributed by atoms with van der Waals surface area (Å²) in [6.45, 7) is 7.48. The Bertz CT molecular complexity index is 941. The Balaban J connectivity index is 1.56. The van der Waals surface area contributed by atoms with Crippen molar-refractivity contribution in [2.24, 2.45) is 0 Å². The third kappa shape index (κ3) is 5.17. The van der Waals surface area contributed by atoms with Gasteiger partial charge in [-0.1, -0.05) is 23.9 Å². The highest BCUT2D eigenvalue weighted by Gasteiger charge is 2.32. The highest BCUT2D eigenvalue weighted by atomic mass is 32.2. The number of nitrogens with zero attached hydrogens (tertiary/aromatic N) is 2. The van der Waals surface area contributed by atoms with Crippen LogP contribution in [0.1, 0.15) is 46.5 Å². The molecule has 0 saturated carbocycles. The second-order valence-corrected chi connectivity index (χ2v) is 11.1. The standard InChI is InChI=1S/C25H32N2O2S2/c1-25(2,3)29-24(28)26-15-8-7-9-18(26)14-16-27-20-10-5-6-11-22(20)31-23-13-12-19(30-4)17-21(23)27/h5-6,10-13,17-18H,7-9,14-16H2,1-4H3. The zero-order valence-corrected chi connectivity index (χ0v) is 20.5. The minimum absolute atomic E-state index is 0.170. The maximum absolute atomic E-state index is 12.8. The lowest BCUT2D eigenvalue weighted by molar-refractivity contribution is 0.00918. The number of piperidine rings is 1. The number of ether oxygens (including phenoxy) is 1. The predicted octanol–water partition coefficient (Wildman–Crippen LogP) is 7.19. The Hall–Kier alpha value is -1.79. The van der Waals surface area contributed by atoms with Crippen LogP contribution in [0.25, 0.3) is 0 Å². The maximum atomic E-state index is 12.8. The number of hydrogen-bond acceptors (Lipinski definition) is 5. The summed E-state index contributed by atoms with van der Waals surface area (Å²) in [6, 6.07) is 15.6. The van der Waals surface area contributed by atoms with Crippen LogP contribution in [0.2, 0.25) is 0 Å². The van der Waals surface area contributed by atoms with E-state index in [2.05, 4.69) is 53.6 Å². The monoisotopic (exact) mass is 456 g/mol. The molecule has 1 unspecified atom stereocenters. The summed E-state index contributed by atoms with van der Waals surface area (Å²) >= 11 is 3.62. The van der Waals surface area contributed by atoms with Gasteiger partial charge in [-0.15, -0.1) is 11.8 Å². The number of fused-ring (bicyclic) bond motifs is 2. The second kappa shape index (κ2) is 9.37. The molecule has 0 radical (unpaired) electrons. The topological polar surface area (TPSA) is 32.8 Å². The fraction of sp³-hybridized carbons (Fsp3) is 0.480. The van der Waals surface area contributed by atoms with Gasteiger partial charge in [0.25, 0.3) is 0 Å². The van der Waals surface area contributed by atoms with Gasteiger partial charge in [0, 0.05) is 33.8 Å². The molecule has 0 spiro atoms. The molecule has 0 aliphatic carbocycles. The van der Waals surface area contributed by atoms with Crippen LogP contribution in [0.15, 0.2) is 57.2 Å². The maximum Gasteiger partial charge on any atom is 0.410 e. The third-order valence-corrected chi connectivity index (χ3v) is 7.63. The lowest BCUT2D eigenvalue weighted by atomic mass is 9.99. The number of rotatable bonds is 4. The molecule has 0 aromatic heterocycles. The average molecular weight is 457 g/mol. The number of para-hydroxylation sites is 1. The highest BCUT2D eigenvalue weighted by molar-refractivity contribution is 8.00. The molecule has 2 aliphatic rings. The first-order valence-corrected chi connectivity index (χ1v) is 13.1. The van der Waals surface area contributed by atoms with Crippen LogP contribution in [0.4, 0.5) is 16.2 Å². The molecule has 1 amide bonds. The van der Waals surface area contributed by atoms with Crippen LogP contribution in [-0.4, -0.2) is 42.0 Å². The fourth-order valence-electron chi connectivity index (χ4n) is 4.32. The molecule has 4 nitrogen and oxygen atoms in total. The van der Waals surface area contributed by atoms with E-state index >= 15 is 0 Å². The SMILES string of the molecule is CSc1ccc2c(c1)N(CCC1CCCCN1C(=O)OC(C)(C)C)c1ccccc1S2. The summed E-state index contributed by atoms with van der Waals surface area (Å²) in [7, 11) is 0. The van der Waals surface area contributed by atoms with Crippen LogP contribution >= 0.6 is 23.5 Å². The fourth-order valence-corrected chi connectivity index (χ4v) is 5.83. The molecule has 6 heteroatoms. The van der Waals surface area contributed by atoms with Gasteiger partial charge >= 0.3 is 6.09 Å². The smallest absolute Gasteiger partial charge is 0.410 e. The molecule has 1 saturated heterocycles. The number of anilines is 2. The van der Waals surface area contributed by atoms with Gasteiger partial charge in [0.05, 0.1) is 11.4 Å². The lowest BCUT2D eigenvalue weighted by Gasteiger charge is -2.39. The molecule has 1 fully saturated rings. The number of carbonyl (C=O) groups is 1. The molecule has 1 atom stereocenters. The number of carbonyl (C=O) groups excluding carboxylic acids is 1. The normalized spacial score (nSPS) is 18.4. The number of thioether (sulfide) groups is 1. The number of benzene rings is 2. The quantitative estimate of drug-likeness (QED) is 0.455. The van der Waals surface area contributed by atoms with Crippen LogP contribution in [0.5, 0.6) is 0 Å². The van der Waals surface area contributed by atoms with Crippen LogP contribution in [0.3, 0.4) is 0 Å². The molecule has 31 heavy (non-hydrogen) atoms. The van der Waals surface area contributed by atoms with E-state index in [1.54, 1.807) is 11.8 Å². The molecular weight excluding hydrogens is 424 g/mol. The Morgan fingerprint density at radius 2 is 1.90 bits per heavy atom. The Kier molecular flexibility index (Phi) is 6.77. The van der Waals surface area contributed by atoms with Gasteiger partial charge < -0.3 is 14.5 Å². The van der Waals surface area contributed by atoms with Gasteiger partial charge in [-0.05, 0) is 83.0 Å². The molecule has 0 bridgehead atoms. The zero-order valence-electron chi connectivity index (χ0n) is 18.9. The van der Waals surface area contributed by atoms with Crippen LogP contribution < -0.4 is 4.90 Å². The van der Waals surface area contributed by atoms with E-state index < -0.39 is 5.60 Å². The predicted molar refractivity (Wildman–Crippen MR) is 131 cm³/mol. The van der Waals surface area contributed by atoms with Crippen molar-refractivity contribution in [3.05, 3.63) is 42.5 Å². The zero-order chi connectivity index (χ0) is 22.0. The van der Waals surface area contributed by atoms with E-state index in [1.807, 2.05) is 37.4 Å². The van der Waals surface area contributed by atoms with Gasteiger partial charge in [-0.2, -0.15) is 0 Å². The number of hydrogen-bond donors (Lipinski definition) is 0. The molecule has 2 aromatic carbocycles. The van der Waals surface area contributed by atoms with Crippen molar-refractivity contribution in [1.29, 1.82) is 0 Å². The van der Waals surface area contributed by atoms with Crippen molar-refractivity contribution in [2.45, 2.75) is 72.8 Å². The summed E-state index contributed by atoms with van der Waals surface area (Å²) in [6.07, 6.45) is 6.15. The lowest BCUT2D eigenvalue weighted by Crippen LogP contribution is -2.47. The highest BCUT2D eigenvalue weighted by Crippen LogP contribution is 2.49. The summed E-state index contributed by atoms with van der Waals surface area (Å²) in [5, 5.41) is 0. The molecule has 0 N–H and O–H groups in total. The van der Waals surface area contributed by atoms with Crippen molar-refractivity contribution in [3.63, 3.8) is 0 Å². The first kappa shape index (κ1) is 22.4. The third-order valence-electron chi connectivity index (χ3n) is 5.77. The minimum atomic E-state index is -0.463. The van der Waals surface area contributed by atoms with Gasteiger partial charge in [0.2, 0.25) is 0 Å². The minimum Gasteiger partial charge on any atom is -0.444 e. The molecule has 2 aliphatic heterocycles. The first-order valence-electron chi connectivity index (χ1n) is 11.1. The first-order chi connectivity index (χ1) is 14.9. The summed E-state index contributed by atoms with van der Waals surface area (Å²) < 4.78 is 5.71. The van der Waals surface area contributed by atoms with Crippen molar-refractivity contribution < 1.29 is 9.53 Å². The van der Waals surface area contributed by atoms with Gasteiger partial charge in [0.15, 0.2) is 0 Å². The molecule has 4 rings (SSSR count). The van der Waals surface area contributed by atoms with Gasteiger partial charge in [0.1, 0.15) is 5.60 Å². The van der Waals surface area contributed by atoms with Crippen LogP contribution in [-0.2, 0) is 4.74 Å². The van der Waals surface area contributed by atoms with E-state index in [9.17, 15) is 4.79 Å². The van der Waals surface area contributed by atoms with E-state index in [4.69, 9.17) is 4.74 Å². The second-order valence-electron chi connectivity index (χ2n) is 9.17. The summed E-state index contributed by atoms with van der Waals surface area (Å²) in [5.41, 5.74) is 2.07. The van der Waals surface area contributed by atoms with E-state index in [0.29, 0.717) is 0 Å². The summed E-state index contributed by atoms with van der Waals surface area (Å²) in [5.74, 6) is 0. The van der Waals surface area contributed by atoms with E-state index in [0.717, 1.165) is 32.4 Å². The summed E-state index contributed by atoms with van der Waals surface area (Å²) in [4.78, 5) is 21.1.